The largest absolute Gasteiger partial charge is 0.387 e. The SMILES string of the molecule is OC(c1ccccc1C1CCC1)C1CCCS1. The van der Waals surface area contributed by atoms with Gasteiger partial charge < -0.3 is 5.11 Å². The van der Waals surface area contributed by atoms with E-state index in [9.17, 15) is 5.11 Å². The molecular formula is C15H20OS. The van der Waals surface area contributed by atoms with Crippen LogP contribution in [0.1, 0.15) is 55.3 Å². The molecule has 1 N–H and O–H groups in total. The van der Waals surface area contributed by atoms with E-state index in [1.165, 1.54) is 49.0 Å². The van der Waals surface area contributed by atoms with Crippen LogP contribution in [0, 0.1) is 0 Å². The van der Waals surface area contributed by atoms with Crippen LogP contribution in [0.3, 0.4) is 0 Å². The number of aliphatic hydroxyl groups excluding tert-OH is 1. The zero-order valence-corrected chi connectivity index (χ0v) is 11.0. The minimum atomic E-state index is -0.251. The van der Waals surface area contributed by atoms with E-state index in [4.69, 9.17) is 0 Å². The van der Waals surface area contributed by atoms with Gasteiger partial charge in [0.1, 0.15) is 0 Å². The van der Waals surface area contributed by atoms with Gasteiger partial charge in [-0.3, -0.25) is 0 Å². The third-order valence-corrected chi connectivity index (χ3v) is 5.62. The molecule has 1 saturated carbocycles. The standard InChI is InChI=1S/C15H20OS/c16-15(14-9-4-10-17-14)13-8-2-1-7-12(13)11-5-3-6-11/h1-2,7-8,11,14-16H,3-6,9-10H2. The fraction of sp³-hybridized carbons (Fsp3) is 0.600. The second-order valence-corrected chi connectivity index (χ2v) is 6.60. The Morgan fingerprint density at radius 2 is 1.94 bits per heavy atom. The van der Waals surface area contributed by atoms with Gasteiger partial charge in [-0.15, -0.1) is 0 Å². The fourth-order valence-corrected chi connectivity index (χ4v) is 4.22. The van der Waals surface area contributed by atoms with Gasteiger partial charge >= 0.3 is 0 Å². The Morgan fingerprint density at radius 1 is 1.12 bits per heavy atom. The molecule has 17 heavy (non-hydrogen) atoms. The molecule has 3 rings (SSSR count). The first-order valence-electron chi connectivity index (χ1n) is 6.75. The van der Waals surface area contributed by atoms with Crippen LogP contribution in [0.15, 0.2) is 24.3 Å². The van der Waals surface area contributed by atoms with E-state index >= 15 is 0 Å². The van der Waals surface area contributed by atoms with Crippen LogP contribution in [-0.2, 0) is 0 Å². The first-order chi connectivity index (χ1) is 8.36. The lowest BCUT2D eigenvalue weighted by molar-refractivity contribution is 0.170. The van der Waals surface area contributed by atoms with Gasteiger partial charge in [-0.25, -0.2) is 0 Å². The minimum Gasteiger partial charge on any atom is -0.387 e. The summed E-state index contributed by atoms with van der Waals surface area (Å²) in [6.45, 7) is 0. The normalized spacial score (nSPS) is 26.8. The van der Waals surface area contributed by atoms with Crippen LogP contribution >= 0.6 is 11.8 Å². The molecule has 1 heterocycles. The number of benzene rings is 1. The van der Waals surface area contributed by atoms with Gasteiger partial charge in [-0.1, -0.05) is 30.7 Å². The number of hydrogen-bond acceptors (Lipinski definition) is 2. The summed E-state index contributed by atoms with van der Waals surface area (Å²) in [5.41, 5.74) is 2.62. The van der Waals surface area contributed by atoms with E-state index in [0.29, 0.717) is 11.2 Å². The average molecular weight is 248 g/mol. The highest BCUT2D eigenvalue weighted by Gasteiger charge is 2.29. The van der Waals surface area contributed by atoms with Crippen LogP contribution in [0.5, 0.6) is 0 Å². The van der Waals surface area contributed by atoms with Gasteiger partial charge in [0.25, 0.3) is 0 Å². The predicted molar refractivity (Wildman–Crippen MR) is 73.5 cm³/mol. The predicted octanol–water partition coefficient (Wildman–Crippen LogP) is 3.88. The van der Waals surface area contributed by atoms with Gasteiger partial charge in [0.15, 0.2) is 0 Å². The highest BCUT2D eigenvalue weighted by molar-refractivity contribution is 8.00. The lowest BCUT2D eigenvalue weighted by Gasteiger charge is -2.30. The highest BCUT2D eigenvalue weighted by Crippen LogP contribution is 2.43. The van der Waals surface area contributed by atoms with Gasteiger partial charge in [-0.05, 0) is 48.5 Å². The van der Waals surface area contributed by atoms with Crippen molar-refractivity contribution in [3.8, 4) is 0 Å². The van der Waals surface area contributed by atoms with Crippen LogP contribution < -0.4 is 0 Å². The number of thioether (sulfide) groups is 1. The summed E-state index contributed by atoms with van der Waals surface area (Å²) in [5, 5.41) is 11.0. The lowest BCUT2D eigenvalue weighted by atomic mass is 9.77. The maximum atomic E-state index is 10.5. The smallest absolute Gasteiger partial charge is 0.0911 e. The molecule has 92 valence electrons. The maximum Gasteiger partial charge on any atom is 0.0911 e. The van der Waals surface area contributed by atoms with E-state index in [2.05, 4.69) is 24.3 Å². The van der Waals surface area contributed by atoms with E-state index in [1.54, 1.807) is 0 Å². The number of aliphatic hydroxyl groups is 1. The van der Waals surface area contributed by atoms with Crippen molar-refractivity contribution < 1.29 is 5.11 Å². The molecule has 1 aromatic carbocycles. The van der Waals surface area contributed by atoms with Crippen LogP contribution in [-0.4, -0.2) is 16.1 Å². The molecular weight excluding hydrogens is 228 g/mol. The summed E-state index contributed by atoms with van der Waals surface area (Å²) >= 11 is 1.94. The van der Waals surface area contributed by atoms with Gasteiger partial charge in [0, 0.05) is 5.25 Å². The van der Waals surface area contributed by atoms with Crippen molar-refractivity contribution in [2.24, 2.45) is 0 Å². The first kappa shape index (κ1) is 11.6. The van der Waals surface area contributed by atoms with Crippen molar-refractivity contribution >= 4 is 11.8 Å². The summed E-state index contributed by atoms with van der Waals surface area (Å²) in [5.74, 6) is 1.93. The average Bonchev–Trinajstić information content (AvgIpc) is 2.80. The maximum absolute atomic E-state index is 10.5. The quantitative estimate of drug-likeness (QED) is 0.876. The molecule has 1 aliphatic heterocycles. The van der Waals surface area contributed by atoms with Gasteiger partial charge in [-0.2, -0.15) is 11.8 Å². The Labute approximate surface area is 108 Å². The molecule has 1 aromatic rings. The monoisotopic (exact) mass is 248 g/mol. The summed E-state index contributed by atoms with van der Waals surface area (Å²) in [4.78, 5) is 0. The molecule has 2 atom stereocenters. The zero-order valence-electron chi connectivity index (χ0n) is 10.1. The van der Waals surface area contributed by atoms with E-state index in [-0.39, 0.29) is 6.10 Å². The second-order valence-electron chi connectivity index (χ2n) is 5.25. The van der Waals surface area contributed by atoms with Crippen LogP contribution in [0.2, 0.25) is 0 Å². The fourth-order valence-electron chi connectivity index (χ4n) is 2.92. The third kappa shape index (κ3) is 2.25. The van der Waals surface area contributed by atoms with Crippen molar-refractivity contribution in [1.29, 1.82) is 0 Å². The summed E-state index contributed by atoms with van der Waals surface area (Å²) in [6.07, 6.45) is 6.15. The van der Waals surface area contributed by atoms with E-state index in [1.807, 2.05) is 11.8 Å². The van der Waals surface area contributed by atoms with Gasteiger partial charge in [0.05, 0.1) is 6.10 Å². The second kappa shape index (κ2) is 5.03. The molecule has 0 amide bonds. The van der Waals surface area contributed by atoms with E-state index < -0.39 is 0 Å². The molecule has 0 spiro atoms. The van der Waals surface area contributed by atoms with Crippen molar-refractivity contribution in [3.63, 3.8) is 0 Å². The summed E-state index contributed by atoms with van der Waals surface area (Å²) in [6, 6.07) is 8.55. The van der Waals surface area contributed by atoms with Crippen molar-refractivity contribution in [2.45, 2.75) is 49.4 Å². The Morgan fingerprint density at radius 3 is 2.59 bits per heavy atom. The van der Waals surface area contributed by atoms with Crippen molar-refractivity contribution in [2.75, 3.05) is 5.75 Å². The number of rotatable bonds is 3. The first-order valence-corrected chi connectivity index (χ1v) is 7.79. The molecule has 1 aliphatic carbocycles. The van der Waals surface area contributed by atoms with Crippen LogP contribution in [0.4, 0.5) is 0 Å². The highest BCUT2D eigenvalue weighted by atomic mass is 32.2. The van der Waals surface area contributed by atoms with E-state index in [0.717, 1.165) is 0 Å². The Balaban J connectivity index is 1.84. The summed E-state index contributed by atoms with van der Waals surface area (Å²) < 4.78 is 0. The van der Waals surface area contributed by atoms with Gasteiger partial charge in [0.2, 0.25) is 0 Å². The molecule has 2 aliphatic rings. The van der Waals surface area contributed by atoms with Crippen LogP contribution in [0.25, 0.3) is 0 Å². The third-order valence-electron chi connectivity index (χ3n) is 4.18. The minimum absolute atomic E-state index is 0.251. The number of hydrogen-bond donors (Lipinski definition) is 1. The Hall–Kier alpha value is -0.470. The van der Waals surface area contributed by atoms with Crippen molar-refractivity contribution in [1.82, 2.24) is 0 Å². The zero-order chi connectivity index (χ0) is 11.7. The molecule has 1 nitrogen and oxygen atoms in total. The Bertz CT molecular complexity index is 380. The molecule has 0 radical (unpaired) electrons. The molecule has 2 unspecified atom stereocenters. The molecule has 0 aromatic heterocycles. The summed E-state index contributed by atoms with van der Waals surface area (Å²) in [7, 11) is 0. The topological polar surface area (TPSA) is 20.2 Å². The molecule has 2 fully saturated rings. The molecule has 2 heteroatoms. The van der Waals surface area contributed by atoms with Crippen molar-refractivity contribution in [3.05, 3.63) is 35.4 Å². The molecule has 1 saturated heterocycles. The Kier molecular flexibility index (Phi) is 3.44. The molecule has 0 bridgehead atoms. The lowest BCUT2D eigenvalue weighted by Crippen LogP contribution is -2.17.